The molecule has 1 aromatic heterocycles. The second-order valence-corrected chi connectivity index (χ2v) is 10.8. The summed E-state index contributed by atoms with van der Waals surface area (Å²) < 4.78 is 32.6. The van der Waals surface area contributed by atoms with Crippen molar-refractivity contribution in [3.8, 4) is 5.75 Å². The molecule has 1 atom stereocenters. The Bertz CT molecular complexity index is 1260. The molecule has 0 radical (unpaired) electrons. The van der Waals surface area contributed by atoms with Gasteiger partial charge in [0, 0.05) is 18.0 Å². The van der Waals surface area contributed by atoms with E-state index in [4.69, 9.17) is 10.5 Å². The number of hydrogen-bond acceptors (Lipinski definition) is 6. The van der Waals surface area contributed by atoms with Crippen molar-refractivity contribution in [1.82, 2.24) is 9.62 Å². The number of ether oxygens (including phenoxy) is 1. The summed E-state index contributed by atoms with van der Waals surface area (Å²) in [6, 6.07) is 17.0. The first-order valence-corrected chi connectivity index (χ1v) is 13.1. The number of thiophene rings is 1. The summed E-state index contributed by atoms with van der Waals surface area (Å²) in [5.74, 6) is -1.18. The maximum atomic E-state index is 12.8. The van der Waals surface area contributed by atoms with Crippen molar-refractivity contribution in [3.05, 3.63) is 82.0 Å². The van der Waals surface area contributed by atoms with Gasteiger partial charge in [-0.2, -0.15) is 4.31 Å². The van der Waals surface area contributed by atoms with Gasteiger partial charge in [-0.15, -0.1) is 11.3 Å². The molecule has 0 bridgehead atoms. The summed E-state index contributed by atoms with van der Waals surface area (Å²) in [7, 11) is -3.72. The van der Waals surface area contributed by atoms with E-state index in [-0.39, 0.29) is 28.9 Å². The molecule has 1 unspecified atom stereocenters. The number of sulfonamides is 1. The molecule has 3 aromatic rings. The first-order valence-electron chi connectivity index (χ1n) is 10.8. The lowest BCUT2D eigenvalue weighted by Crippen LogP contribution is -2.33. The van der Waals surface area contributed by atoms with Crippen LogP contribution in [0.3, 0.4) is 0 Å². The van der Waals surface area contributed by atoms with Crippen molar-refractivity contribution in [2.24, 2.45) is 5.73 Å². The van der Waals surface area contributed by atoms with E-state index >= 15 is 0 Å². The molecular formula is C24H25N3O5S2. The quantitative estimate of drug-likeness (QED) is 0.469. The van der Waals surface area contributed by atoms with Gasteiger partial charge in [0.05, 0.1) is 16.5 Å². The molecule has 2 amide bonds. The summed E-state index contributed by atoms with van der Waals surface area (Å²) in [6.07, 6.45) is 1.60. The molecular weight excluding hydrogens is 474 g/mol. The minimum atomic E-state index is -3.72. The Balaban J connectivity index is 1.49. The molecule has 10 heteroatoms. The first-order chi connectivity index (χ1) is 16.4. The molecule has 0 aliphatic carbocycles. The zero-order valence-electron chi connectivity index (χ0n) is 18.3. The molecule has 2 heterocycles. The number of primary amides is 1. The normalized spacial score (nSPS) is 15.1. The highest BCUT2D eigenvalue weighted by Gasteiger charge is 2.28. The van der Waals surface area contributed by atoms with Gasteiger partial charge in [0.2, 0.25) is 10.0 Å². The molecule has 34 heavy (non-hydrogen) atoms. The molecule has 1 saturated heterocycles. The van der Waals surface area contributed by atoms with Crippen molar-refractivity contribution in [2.45, 2.75) is 23.8 Å². The number of nitrogens with one attached hydrogen (secondary N) is 1. The smallest absolute Gasteiger partial charge is 0.258 e. The molecule has 3 N–H and O–H groups in total. The predicted molar refractivity (Wildman–Crippen MR) is 129 cm³/mol. The van der Waals surface area contributed by atoms with Crippen LogP contribution in [0.15, 0.2) is 70.9 Å². The highest BCUT2D eigenvalue weighted by Crippen LogP contribution is 2.28. The number of rotatable bonds is 9. The number of benzene rings is 2. The maximum Gasteiger partial charge on any atom is 0.258 e. The van der Waals surface area contributed by atoms with Crippen LogP contribution in [0.1, 0.15) is 39.7 Å². The highest BCUT2D eigenvalue weighted by atomic mass is 32.2. The second kappa shape index (κ2) is 10.4. The predicted octanol–water partition coefficient (Wildman–Crippen LogP) is 2.92. The van der Waals surface area contributed by atoms with E-state index in [1.807, 2.05) is 47.8 Å². The summed E-state index contributed by atoms with van der Waals surface area (Å²) in [6.45, 7) is 0.520. The fourth-order valence-electron chi connectivity index (χ4n) is 3.83. The number of nitrogens with zero attached hydrogens (tertiary/aromatic N) is 1. The van der Waals surface area contributed by atoms with Gasteiger partial charge >= 0.3 is 0 Å². The zero-order chi connectivity index (χ0) is 24.1. The zero-order valence-corrected chi connectivity index (χ0v) is 20.0. The Morgan fingerprint density at radius 1 is 1.06 bits per heavy atom. The Morgan fingerprint density at radius 2 is 1.79 bits per heavy atom. The minimum absolute atomic E-state index is 0.0261. The van der Waals surface area contributed by atoms with Crippen LogP contribution in [0.4, 0.5) is 0 Å². The third-order valence-corrected chi connectivity index (χ3v) is 8.38. The van der Waals surface area contributed by atoms with E-state index in [1.165, 1.54) is 33.8 Å². The van der Waals surface area contributed by atoms with Crippen LogP contribution in [0.25, 0.3) is 0 Å². The Kier molecular flexibility index (Phi) is 7.30. The molecule has 8 nitrogen and oxygen atoms in total. The summed E-state index contributed by atoms with van der Waals surface area (Å²) in [5.41, 5.74) is 6.31. The van der Waals surface area contributed by atoms with Crippen LogP contribution in [-0.4, -0.2) is 44.2 Å². The van der Waals surface area contributed by atoms with Crippen LogP contribution in [0, 0.1) is 0 Å². The third-order valence-electron chi connectivity index (χ3n) is 5.54. The fraction of sp³-hybridized carbons (Fsp3) is 0.250. The van der Waals surface area contributed by atoms with Crippen LogP contribution in [0.5, 0.6) is 5.75 Å². The van der Waals surface area contributed by atoms with Gasteiger partial charge in [-0.05, 0) is 48.1 Å². The molecule has 178 valence electrons. The Morgan fingerprint density at radius 3 is 2.44 bits per heavy atom. The molecule has 0 saturated carbocycles. The lowest BCUT2D eigenvalue weighted by molar-refractivity contribution is -0.123. The molecule has 1 fully saturated rings. The standard InChI is InChI=1S/C24H25N3O5S2/c25-24(29)19-15-18(34(30,31)27-12-4-5-13-27)10-11-20(19)32-16-22(28)26-23(21-9-6-14-33-21)17-7-2-1-3-8-17/h1-3,6-11,14-15,23H,4-5,12-13,16H2,(H2,25,29)(H,26,28). The van der Waals surface area contributed by atoms with Gasteiger partial charge in [0.25, 0.3) is 11.8 Å². The highest BCUT2D eigenvalue weighted by molar-refractivity contribution is 7.89. The van der Waals surface area contributed by atoms with Crippen molar-refractivity contribution in [1.29, 1.82) is 0 Å². The lowest BCUT2D eigenvalue weighted by atomic mass is 10.1. The lowest BCUT2D eigenvalue weighted by Gasteiger charge is -2.19. The monoisotopic (exact) mass is 499 g/mol. The van der Waals surface area contributed by atoms with Gasteiger partial charge in [-0.3, -0.25) is 9.59 Å². The Hall–Kier alpha value is -3.21. The van der Waals surface area contributed by atoms with E-state index in [0.717, 1.165) is 23.3 Å². The van der Waals surface area contributed by atoms with E-state index in [9.17, 15) is 18.0 Å². The molecule has 1 aliphatic rings. The SMILES string of the molecule is NC(=O)c1cc(S(=O)(=O)N2CCCC2)ccc1OCC(=O)NC(c1ccccc1)c1cccs1. The van der Waals surface area contributed by atoms with E-state index < -0.39 is 21.8 Å². The average molecular weight is 500 g/mol. The van der Waals surface area contributed by atoms with Crippen molar-refractivity contribution >= 4 is 33.2 Å². The average Bonchev–Trinajstić information content (AvgIpc) is 3.56. The molecule has 2 aromatic carbocycles. The third kappa shape index (κ3) is 5.30. The van der Waals surface area contributed by atoms with Crippen LogP contribution in [0.2, 0.25) is 0 Å². The Labute approximate surface area is 202 Å². The summed E-state index contributed by atoms with van der Waals surface area (Å²) in [4.78, 5) is 25.7. The first kappa shape index (κ1) is 23.9. The number of hydrogen-bond donors (Lipinski definition) is 2. The molecule has 1 aliphatic heterocycles. The fourth-order valence-corrected chi connectivity index (χ4v) is 6.18. The van der Waals surface area contributed by atoms with Gasteiger partial charge in [-0.25, -0.2) is 8.42 Å². The van der Waals surface area contributed by atoms with Gasteiger partial charge in [-0.1, -0.05) is 36.4 Å². The number of carbonyl (C=O) groups is 2. The largest absolute Gasteiger partial charge is 0.483 e. The van der Waals surface area contributed by atoms with E-state index in [1.54, 1.807) is 0 Å². The molecule has 4 rings (SSSR count). The van der Waals surface area contributed by atoms with Gasteiger partial charge in [0.1, 0.15) is 5.75 Å². The van der Waals surface area contributed by atoms with Crippen LogP contribution >= 0.6 is 11.3 Å². The van der Waals surface area contributed by atoms with Crippen LogP contribution < -0.4 is 15.8 Å². The topological polar surface area (TPSA) is 119 Å². The number of nitrogens with two attached hydrogens (primary N) is 1. The number of amides is 2. The van der Waals surface area contributed by atoms with Gasteiger partial charge in [0.15, 0.2) is 6.61 Å². The summed E-state index contributed by atoms with van der Waals surface area (Å²) in [5, 5.41) is 4.89. The van der Waals surface area contributed by atoms with Gasteiger partial charge < -0.3 is 15.8 Å². The maximum absolute atomic E-state index is 12.8. The van der Waals surface area contributed by atoms with Crippen molar-refractivity contribution in [2.75, 3.05) is 19.7 Å². The number of carbonyl (C=O) groups excluding carboxylic acids is 2. The van der Waals surface area contributed by atoms with E-state index in [0.29, 0.717) is 13.1 Å². The summed E-state index contributed by atoms with van der Waals surface area (Å²) >= 11 is 1.53. The minimum Gasteiger partial charge on any atom is -0.483 e. The van der Waals surface area contributed by atoms with E-state index in [2.05, 4.69) is 5.32 Å². The van der Waals surface area contributed by atoms with Crippen LogP contribution in [-0.2, 0) is 14.8 Å². The molecule has 0 spiro atoms. The van der Waals surface area contributed by atoms with Crippen molar-refractivity contribution in [3.63, 3.8) is 0 Å². The second-order valence-electron chi connectivity index (χ2n) is 7.85. The van der Waals surface area contributed by atoms with Crippen molar-refractivity contribution < 1.29 is 22.7 Å².